The van der Waals surface area contributed by atoms with Crippen molar-refractivity contribution < 1.29 is 31.8 Å². The van der Waals surface area contributed by atoms with E-state index in [9.17, 15) is 22.4 Å². The smallest absolute Gasteiger partial charge is 0.295 e. The number of allylic oxidation sites excluding steroid dienone is 1. The van der Waals surface area contributed by atoms with Crippen LogP contribution in [0.4, 0.5) is 23.4 Å². The number of hydrogen-bond donors (Lipinski definition) is 2. The number of benzene rings is 1. The van der Waals surface area contributed by atoms with Gasteiger partial charge < -0.3 is 20.9 Å². The normalized spacial score (nSPS) is 18.3. The number of hydrogen-bond acceptors (Lipinski definition) is 8. The summed E-state index contributed by atoms with van der Waals surface area (Å²) in [6.45, 7) is 0.236. The summed E-state index contributed by atoms with van der Waals surface area (Å²) in [5.41, 5.74) is 9.64. The number of nitrogen functional groups attached to an aromatic ring is 1. The molecule has 0 aliphatic carbocycles. The third kappa shape index (κ3) is 4.73. The minimum Gasteiger partial charge on any atom is -0.445 e. The Bertz CT molecular complexity index is 1080. The molecule has 1 atom stereocenters. The number of halogens is 4. The summed E-state index contributed by atoms with van der Waals surface area (Å²) in [4.78, 5) is 24.1. The molecule has 0 radical (unpaired) electrons. The topological polar surface area (TPSA) is 126 Å². The lowest BCUT2D eigenvalue weighted by Crippen LogP contribution is -2.32. The first-order valence-electron chi connectivity index (χ1n) is 8.80. The van der Waals surface area contributed by atoms with Gasteiger partial charge in [-0.1, -0.05) is 6.07 Å². The SMILES string of the molecule is C[C@@]1(c2cc(CC(=O)c3ncc(OCF)nc3N)ccc2F)C=C(C(F)F)OC(N)=N1. The van der Waals surface area contributed by atoms with Crippen LogP contribution in [0.25, 0.3) is 0 Å². The highest BCUT2D eigenvalue weighted by atomic mass is 19.3. The van der Waals surface area contributed by atoms with Crippen LogP contribution in [0.3, 0.4) is 0 Å². The van der Waals surface area contributed by atoms with Crippen molar-refractivity contribution in [2.75, 3.05) is 12.6 Å². The number of carbonyl (C=O) groups excluding carboxylic acids is 1. The van der Waals surface area contributed by atoms with Crippen LogP contribution in [0, 0.1) is 5.82 Å². The highest BCUT2D eigenvalue weighted by Gasteiger charge is 2.34. The summed E-state index contributed by atoms with van der Waals surface area (Å²) >= 11 is 0. The Balaban J connectivity index is 1.91. The molecule has 31 heavy (non-hydrogen) atoms. The van der Waals surface area contributed by atoms with Crippen LogP contribution in [0.15, 0.2) is 41.2 Å². The first-order valence-corrected chi connectivity index (χ1v) is 8.80. The van der Waals surface area contributed by atoms with Gasteiger partial charge in [0.2, 0.25) is 12.7 Å². The maximum atomic E-state index is 14.6. The minimum atomic E-state index is -2.98. The Morgan fingerprint density at radius 3 is 2.71 bits per heavy atom. The van der Waals surface area contributed by atoms with Gasteiger partial charge in [0.1, 0.15) is 17.1 Å². The summed E-state index contributed by atoms with van der Waals surface area (Å²) in [5, 5.41) is 0. The molecule has 3 rings (SSSR count). The van der Waals surface area contributed by atoms with E-state index < -0.39 is 42.2 Å². The Labute approximate surface area is 173 Å². The van der Waals surface area contributed by atoms with E-state index in [0.29, 0.717) is 5.56 Å². The van der Waals surface area contributed by atoms with Gasteiger partial charge >= 0.3 is 0 Å². The monoisotopic (exact) mass is 439 g/mol. The highest BCUT2D eigenvalue weighted by molar-refractivity contribution is 5.99. The zero-order valence-electron chi connectivity index (χ0n) is 16.1. The number of alkyl halides is 3. The first-order chi connectivity index (χ1) is 14.6. The lowest BCUT2D eigenvalue weighted by Gasteiger charge is -2.28. The van der Waals surface area contributed by atoms with Gasteiger partial charge in [-0.05, 0) is 30.7 Å². The predicted molar refractivity (Wildman–Crippen MR) is 102 cm³/mol. The summed E-state index contributed by atoms with van der Waals surface area (Å²) in [6, 6.07) is 3.18. The quantitative estimate of drug-likeness (QED) is 0.502. The number of Topliss-reactive ketones (excluding diaryl/α,β-unsaturated/α-hetero) is 1. The van der Waals surface area contributed by atoms with Crippen LogP contribution in [-0.2, 0) is 16.7 Å². The van der Waals surface area contributed by atoms with Crippen LogP contribution >= 0.6 is 0 Å². The van der Waals surface area contributed by atoms with Crippen molar-refractivity contribution in [3.05, 3.63) is 58.9 Å². The Kier molecular flexibility index (Phi) is 6.09. The molecule has 0 fully saturated rings. The molecule has 8 nitrogen and oxygen atoms in total. The molecule has 0 spiro atoms. The molecule has 1 aliphatic heterocycles. The van der Waals surface area contributed by atoms with Gasteiger partial charge in [-0.15, -0.1) is 0 Å². The van der Waals surface area contributed by atoms with Crippen LogP contribution in [0.2, 0.25) is 0 Å². The second kappa shape index (κ2) is 8.58. The fourth-order valence-corrected chi connectivity index (χ4v) is 3.02. The third-order valence-electron chi connectivity index (χ3n) is 4.39. The number of carbonyl (C=O) groups is 1. The number of ether oxygens (including phenoxy) is 2. The highest BCUT2D eigenvalue weighted by Crippen LogP contribution is 2.35. The maximum absolute atomic E-state index is 14.6. The van der Waals surface area contributed by atoms with Crippen molar-refractivity contribution in [2.24, 2.45) is 10.7 Å². The summed E-state index contributed by atoms with van der Waals surface area (Å²) in [7, 11) is 0. The molecule has 1 aliphatic rings. The molecule has 0 bridgehead atoms. The fraction of sp³-hybridized carbons (Fsp3) is 0.263. The molecular formula is C19H17F4N5O3. The van der Waals surface area contributed by atoms with Gasteiger partial charge in [-0.25, -0.2) is 27.5 Å². The number of nitrogens with zero attached hydrogens (tertiary/aromatic N) is 3. The molecule has 0 saturated carbocycles. The van der Waals surface area contributed by atoms with Gasteiger partial charge in [0, 0.05) is 12.0 Å². The Hall–Kier alpha value is -3.70. The van der Waals surface area contributed by atoms with E-state index in [0.717, 1.165) is 18.3 Å². The lowest BCUT2D eigenvalue weighted by atomic mass is 9.88. The van der Waals surface area contributed by atoms with Gasteiger partial charge in [-0.2, -0.15) is 4.98 Å². The second-order valence-electron chi connectivity index (χ2n) is 6.66. The Morgan fingerprint density at radius 1 is 1.32 bits per heavy atom. The van der Waals surface area contributed by atoms with Gasteiger partial charge in [0.15, 0.2) is 17.4 Å². The van der Waals surface area contributed by atoms with E-state index in [1.165, 1.54) is 19.1 Å². The van der Waals surface area contributed by atoms with E-state index in [1.54, 1.807) is 0 Å². The lowest BCUT2D eigenvalue weighted by molar-refractivity contribution is 0.0988. The number of anilines is 1. The molecule has 0 unspecified atom stereocenters. The van der Waals surface area contributed by atoms with Crippen LogP contribution in [0.1, 0.15) is 28.5 Å². The molecule has 0 saturated heterocycles. The number of nitrogens with two attached hydrogens (primary N) is 2. The predicted octanol–water partition coefficient (Wildman–Crippen LogP) is 2.64. The minimum absolute atomic E-state index is 0.0899. The second-order valence-corrected chi connectivity index (χ2v) is 6.66. The van der Waals surface area contributed by atoms with Gasteiger partial charge in [0.05, 0.1) is 6.20 Å². The number of aliphatic imine (C=N–C) groups is 1. The average molecular weight is 439 g/mol. The van der Waals surface area contributed by atoms with E-state index in [-0.39, 0.29) is 29.4 Å². The van der Waals surface area contributed by atoms with Crippen molar-refractivity contribution >= 4 is 17.6 Å². The number of ketones is 1. The van der Waals surface area contributed by atoms with Crippen LogP contribution < -0.4 is 16.2 Å². The number of aromatic nitrogens is 2. The number of amidine groups is 1. The van der Waals surface area contributed by atoms with E-state index in [2.05, 4.69) is 19.7 Å². The average Bonchev–Trinajstić information content (AvgIpc) is 2.69. The van der Waals surface area contributed by atoms with Gasteiger partial charge in [-0.3, -0.25) is 4.79 Å². The molecular weight excluding hydrogens is 422 g/mol. The van der Waals surface area contributed by atoms with Crippen molar-refractivity contribution in [1.29, 1.82) is 0 Å². The molecule has 2 aromatic rings. The van der Waals surface area contributed by atoms with Crippen molar-refractivity contribution in [3.8, 4) is 5.88 Å². The zero-order chi connectivity index (χ0) is 22.8. The molecule has 4 N–H and O–H groups in total. The summed E-state index contributed by atoms with van der Waals surface area (Å²) in [6.07, 6.45) is -1.24. The maximum Gasteiger partial charge on any atom is 0.295 e. The van der Waals surface area contributed by atoms with Crippen molar-refractivity contribution in [1.82, 2.24) is 9.97 Å². The molecule has 164 valence electrons. The summed E-state index contributed by atoms with van der Waals surface area (Å²) < 4.78 is 62.2. The van der Waals surface area contributed by atoms with E-state index in [1.807, 2.05) is 0 Å². The third-order valence-corrected chi connectivity index (χ3v) is 4.39. The van der Waals surface area contributed by atoms with Crippen molar-refractivity contribution in [2.45, 2.75) is 25.3 Å². The van der Waals surface area contributed by atoms with E-state index in [4.69, 9.17) is 16.2 Å². The molecule has 1 aromatic carbocycles. The fourth-order valence-electron chi connectivity index (χ4n) is 3.02. The van der Waals surface area contributed by atoms with E-state index >= 15 is 0 Å². The van der Waals surface area contributed by atoms with Crippen LogP contribution in [0.5, 0.6) is 5.88 Å². The number of rotatable bonds is 7. The standard InChI is InChI=1S/C19H17F4N5O3/c1-19(6-13(16(22)23)31-18(25)28-19)10-4-9(2-3-11(10)21)5-12(29)15-17(24)27-14(7-26-15)30-8-20/h2-4,6-7,16H,5,8H2,1H3,(H2,24,27)(H2,25,28)/t19-/m0/s1. The summed E-state index contributed by atoms with van der Waals surface area (Å²) in [5.74, 6) is -2.51. The molecule has 0 amide bonds. The largest absolute Gasteiger partial charge is 0.445 e. The zero-order valence-corrected chi connectivity index (χ0v) is 16.1. The molecule has 1 aromatic heterocycles. The molecule has 12 heteroatoms. The van der Waals surface area contributed by atoms with Crippen LogP contribution in [-0.4, -0.2) is 35.1 Å². The van der Waals surface area contributed by atoms with Gasteiger partial charge in [0.25, 0.3) is 12.4 Å². The molecule has 2 heterocycles. The van der Waals surface area contributed by atoms with Crippen molar-refractivity contribution in [3.63, 3.8) is 0 Å². The first kappa shape index (κ1) is 22.0. The Morgan fingerprint density at radius 2 is 2.06 bits per heavy atom.